The number of ether oxygens (including phenoxy) is 1. The molecule has 0 radical (unpaired) electrons. The van der Waals surface area contributed by atoms with Crippen molar-refractivity contribution in [3.05, 3.63) is 0 Å². The summed E-state index contributed by atoms with van der Waals surface area (Å²) in [6.07, 6.45) is 3.80. The molecule has 16 heavy (non-hydrogen) atoms. The van der Waals surface area contributed by atoms with Crippen LogP contribution in [0.2, 0.25) is 0 Å². The van der Waals surface area contributed by atoms with E-state index in [0.717, 1.165) is 26.3 Å². The van der Waals surface area contributed by atoms with E-state index >= 15 is 0 Å². The molecule has 1 rings (SSSR count). The predicted molar refractivity (Wildman–Crippen MR) is 68.8 cm³/mol. The molecule has 3 nitrogen and oxygen atoms in total. The van der Waals surface area contributed by atoms with Crippen molar-refractivity contribution in [2.24, 2.45) is 5.41 Å². The number of nitrogens with one attached hydrogen (secondary N) is 1. The molecule has 1 aliphatic heterocycles. The standard InChI is InChI=1S/C13H28N2O/c1-4-6-8-15(5-2)11-13(10-14-3)7-9-16-12-13/h14H,4-12H2,1-3H3. The Morgan fingerprint density at radius 1 is 1.38 bits per heavy atom. The highest BCUT2D eigenvalue weighted by Crippen LogP contribution is 2.29. The highest BCUT2D eigenvalue weighted by Gasteiger charge is 2.35. The van der Waals surface area contributed by atoms with Crippen molar-refractivity contribution in [3.63, 3.8) is 0 Å². The molecule has 0 aromatic carbocycles. The predicted octanol–water partition coefficient (Wildman–Crippen LogP) is 1.73. The maximum absolute atomic E-state index is 5.60. The Morgan fingerprint density at radius 2 is 2.19 bits per heavy atom. The third kappa shape index (κ3) is 4.04. The van der Waals surface area contributed by atoms with Crippen molar-refractivity contribution >= 4 is 0 Å². The zero-order valence-electron chi connectivity index (χ0n) is 11.2. The molecule has 1 atom stereocenters. The van der Waals surface area contributed by atoms with Crippen LogP contribution in [-0.4, -0.2) is 51.3 Å². The van der Waals surface area contributed by atoms with Crippen molar-refractivity contribution in [1.29, 1.82) is 0 Å². The molecular weight excluding hydrogens is 200 g/mol. The van der Waals surface area contributed by atoms with E-state index in [4.69, 9.17) is 4.74 Å². The van der Waals surface area contributed by atoms with Gasteiger partial charge in [-0.25, -0.2) is 0 Å². The number of unbranched alkanes of at least 4 members (excludes halogenated alkanes) is 1. The van der Waals surface area contributed by atoms with Gasteiger partial charge in [0, 0.05) is 25.1 Å². The van der Waals surface area contributed by atoms with Crippen LogP contribution >= 0.6 is 0 Å². The topological polar surface area (TPSA) is 24.5 Å². The maximum atomic E-state index is 5.60. The average Bonchev–Trinajstić information content (AvgIpc) is 2.73. The average molecular weight is 228 g/mol. The third-order valence-corrected chi connectivity index (χ3v) is 3.57. The molecule has 0 amide bonds. The SMILES string of the molecule is CCCCN(CC)CC1(CNC)CCOC1. The molecule has 96 valence electrons. The zero-order chi connectivity index (χ0) is 11.9. The molecule has 1 fully saturated rings. The van der Waals surface area contributed by atoms with Crippen LogP contribution < -0.4 is 5.32 Å². The van der Waals surface area contributed by atoms with Gasteiger partial charge in [0.25, 0.3) is 0 Å². The van der Waals surface area contributed by atoms with Gasteiger partial charge in [0.2, 0.25) is 0 Å². The molecule has 1 saturated heterocycles. The van der Waals surface area contributed by atoms with Gasteiger partial charge in [0.1, 0.15) is 0 Å². The Kier molecular flexibility index (Phi) is 6.32. The lowest BCUT2D eigenvalue weighted by atomic mass is 9.86. The van der Waals surface area contributed by atoms with Crippen LogP contribution in [0.1, 0.15) is 33.1 Å². The van der Waals surface area contributed by atoms with E-state index < -0.39 is 0 Å². The van der Waals surface area contributed by atoms with Crippen LogP contribution in [0.25, 0.3) is 0 Å². The Balaban J connectivity index is 2.45. The van der Waals surface area contributed by atoms with Gasteiger partial charge in [0.15, 0.2) is 0 Å². The highest BCUT2D eigenvalue weighted by molar-refractivity contribution is 4.87. The number of nitrogens with zero attached hydrogens (tertiary/aromatic N) is 1. The van der Waals surface area contributed by atoms with E-state index in [2.05, 4.69) is 24.1 Å². The van der Waals surface area contributed by atoms with Gasteiger partial charge in [-0.05, 0) is 33.0 Å². The van der Waals surface area contributed by atoms with E-state index in [1.54, 1.807) is 0 Å². The van der Waals surface area contributed by atoms with E-state index in [1.165, 1.54) is 32.4 Å². The minimum Gasteiger partial charge on any atom is -0.381 e. The van der Waals surface area contributed by atoms with Crippen LogP contribution in [-0.2, 0) is 4.74 Å². The fraction of sp³-hybridized carbons (Fsp3) is 1.00. The first-order valence-corrected chi connectivity index (χ1v) is 6.71. The van der Waals surface area contributed by atoms with Crippen LogP contribution in [0.15, 0.2) is 0 Å². The van der Waals surface area contributed by atoms with Gasteiger partial charge in [0.05, 0.1) is 6.61 Å². The molecular formula is C13H28N2O. The Bertz CT molecular complexity index is 179. The summed E-state index contributed by atoms with van der Waals surface area (Å²) in [5.74, 6) is 0. The molecule has 1 aliphatic rings. The summed E-state index contributed by atoms with van der Waals surface area (Å²) in [4.78, 5) is 2.58. The lowest BCUT2D eigenvalue weighted by Crippen LogP contribution is -2.44. The van der Waals surface area contributed by atoms with Crippen LogP contribution in [0.4, 0.5) is 0 Å². The van der Waals surface area contributed by atoms with Crippen molar-refractivity contribution in [2.75, 3.05) is 46.4 Å². The number of hydrogen-bond acceptors (Lipinski definition) is 3. The van der Waals surface area contributed by atoms with Gasteiger partial charge in [-0.3, -0.25) is 0 Å². The summed E-state index contributed by atoms with van der Waals surface area (Å²) < 4.78 is 5.60. The van der Waals surface area contributed by atoms with Crippen molar-refractivity contribution in [2.45, 2.75) is 33.1 Å². The molecule has 0 aromatic rings. The molecule has 1 unspecified atom stereocenters. The summed E-state index contributed by atoms with van der Waals surface area (Å²) in [5, 5.41) is 3.33. The summed E-state index contributed by atoms with van der Waals surface area (Å²) in [6, 6.07) is 0. The minimum absolute atomic E-state index is 0.360. The summed E-state index contributed by atoms with van der Waals surface area (Å²) >= 11 is 0. The van der Waals surface area contributed by atoms with Gasteiger partial charge in [-0.2, -0.15) is 0 Å². The molecule has 3 heteroatoms. The van der Waals surface area contributed by atoms with Gasteiger partial charge < -0.3 is 15.0 Å². The monoisotopic (exact) mass is 228 g/mol. The van der Waals surface area contributed by atoms with Crippen LogP contribution in [0.5, 0.6) is 0 Å². The normalized spacial score (nSPS) is 25.5. The Labute approximate surface area is 101 Å². The second-order valence-electron chi connectivity index (χ2n) is 5.06. The molecule has 1 heterocycles. The summed E-state index contributed by atoms with van der Waals surface area (Å²) in [5.41, 5.74) is 0.360. The fourth-order valence-corrected chi connectivity index (χ4v) is 2.55. The van der Waals surface area contributed by atoms with Gasteiger partial charge >= 0.3 is 0 Å². The summed E-state index contributed by atoms with van der Waals surface area (Å²) in [6.45, 7) is 11.0. The first-order valence-electron chi connectivity index (χ1n) is 6.71. The van der Waals surface area contributed by atoms with E-state index in [1.807, 2.05) is 7.05 Å². The number of hydrogen-bond donors (Lipinski definition) is 1. The van der Waals surface area contributed by atoms with E-state index in [0.29, 0.717) is 5.41 Å². The van der Waals surface area contributed by atoms with Gasteiger partial charge in [-0.15, -0.1) is 0 Å². The first-order chi connectivity index (χ1) is 7.76. The second kappa shape index (κ2) is 7.25. The first kappa shape index (κ1) is 13.9. The number of rotatable bonds is 8. The summed E-state index contributed by atoms with van der Waals surface area (Å²) in [7, 11) is 2.04. The van der Waals surface area contributed by atoms with E-state index in [9.17, 15) is 0 Å². The Hall–Kier alpha value is -0.120. The van der Waals surface area contributed by atoms with Crippen molar-refractivity contribution in [1.82, 2.24) is 10.2 Å². The van der Waals surface area contributed by atoms with E-state index in [-0.39, 0.29) is 0 Å². The largest absolute Gasteiger partial charge is 0.381 e. The zero-order valence-corrected chi connectivity index (χ0v) is 11.2. The smallest absolute Gasteiger partial charge is 0.0547 e. The minimum atomic E-state index is 0.360. The molecule has 0 aliphatic carbocycles. The Morgan fingerprint density at radius 3 is 2.69 bits per heavy atom. The molecule has 0 spiro atoms. The maximum Gasteiger partial charge on any atom is 0.0547 e. The molecule has 1 N–H and O–H groups in total. The molecule has 0 bridgehead atoms. The molecule has 0 saturated carbocycles. The fourth-order valence-electron chi connectivity index (χ4n) is 2.55. The van der Waals surface area contributed by atoms with Crippen LogP contribution in [0, 0.1) is 5.41 Å². The van der Waals surface area contributed by atoms with Gasteiger partial charge in [-0.1, -0.05) is 20.3 Å². The van der Waals surface area contributed by atoms with Crippen molar-refractivity contribution in [3.8, 4) is 0 Å². The second-order valence-corrected chi connectivity index (χ2v) is 5.06. The lowest BCUT2D eigenvalue weighted by molar-refractivity contribution is 0.111. The third-order valence-electron chi connectivity index (χ3n) is 3.57. The van der Waals surface area contributed by atoms with Crippen LogP contribution in [0.3, 0.4) is 0 Å². The highest BCUT2D eigenvalue weighted by atomic mass is 16.5. The molecule has 0 aromatic heterocycles. The quantitative estimate of drug-likeness (QED) is 0.685. The lowest BCUT2D eigenvalue weighted by Gasteiger charge is -2.33. The van der Waals surface area contributed by atoms with Crippen molar-refractivity contribution < 1.29 is 4.74 Å².